The molecule has 7 nitrogen and oxygen atoms in total. The van der Waals surface area contributed by atoms with Gasteiger partial charge in [-0.3, -0.25) is 9.59 Å². The molecule has 154 valence electrons. The maximum Gasteiger partial charge on any atom is 0.243 e. The van der Waals surface area contributed by atoms with Gasteiger partial charge in [0.05, 0.1) is 16.9 Å². The molecule has 0 aromatic heterocycles. The highest BCUT2D eigenvalue weighted by molar-refractivity contribution is 7.89. The lowest BCUT2D eigenvalue weighted by Gasteiger charge is -2.32. The molecule has 0 unspecified atom stereocenters. The molecule has 1 aromatic carbocycles. The minimum absolute atomic E-state index is 0.0696. The summed E-state index contributed by atoms with van der Waals surface area (Å²) < 4.78 is 27.2. The smallest absolute Gasteiger partial charge is 0.243 e. The summed E-state index contributed by atoms with van der Waals surface area (Å²) in [7, 11) is -0.721. The number of nitrogens with zero attached hydrogens (tertiary/aromatic N) is 3. The van der Waals surface area contributed by atoms with Crippen LogP contribution in [0.2, 0.25) is 0 Å². The topological polar surface area (TPSA) is 78.0 Å². The SMILES string of the molecule is C[C@H]1CCCN(C(=O)CN(C)S(=O)(=O)c2ccc3c(c2)C(C)(C)C(=O)N3C)C1. The molecule has 2 heterocycles. The Morgan fingerprint density at radius 3 is 2.64 bits per heavy atom. The molecule has 1 saturated heterocycles. The minimum atomic E-state index is -3.84. The summed E-state index contributed by atoms with van der Waals surface area (Å²) in [4.78, 5) is 28.4. The van der Waals surface area contributed by atoms with E-state index in [0.29, 0.717) is 24.6 Å². The Morgan fingerprint density at radius 1 is 1.32 bits per heavy atom. The summed E-state index contributed by atoms with van der Waals surface area (Å²) in [6.07, 6.45) is 2.04. The van der Waals surface area contributed by atoms with Gasteiger partial charge in [-0.25, -0.2) is 8.42 Å². The number of sulfonamides is 1. The van der Waals surface area contributed by atoms with Crippen LogP contribution in [-0.2, 0) is 25.0 Å². The molecule has 1 atom stereocenters. The third kappa shape index (κ3) is 3.43. The number of carbonyl (C=O) groups excluding carboxylic acids is 2. The van der Waals surface area contributed by atoms with E-state index in [4.69, 9.17) is 0 Å². The van der Waals surface area contributed by atoms with Gasteiger partial charge in [-0.2, -0.15) is 4.31 Å². The zero-order valence-electron chi connectivity index (χ0n) is 17.2. The summed E-state index contributed by atoms with van der Waals surface area (Å²) >= 11 is 0. The Morgan fingerprint density at radius 2 is 2.00 bits per heavy atom. The molecule has 8 heteroatoms. The molecule has 0 saturated carbocycles. The molecule has 0 bridgehead atoms. The van der Waals surface area contributed by atoms with Gasteiger partial charge in [-0.15, -0.1) is 0 Å². The highest BCUT2D eigenvalue weighted by atomic mass is 32.2. The number of rotatable bonds is 4. The molecule has 0 aliphatic carbocycles. The van der Waals surface area contributed by atoms with Crippen LogP contribution in [0.4, 0.5) is 5.69 Å². The first-order valence-electron chi connectivity index (χ1n) is 9.63. The normalized spacial score (nSPS) is 21.9. The van der Waals surface area contributed by atoms with Gasteiger partial charge in [0.1, 0.15) is 0 Å². The average molecular weight is 408 g/mol. The fraction of sp³-hybridized carbons (Fsp3) is 0.600. The van der Waals surface area contributed by atoms with Crippen LogP contribution in [0.15, 0.2) is 23.1 Å². The number of hydrogen-bond acceptors (Lipinski definition) is 4. The molecule has 3 rings (SSSR count). The van der Waals surface area contributed by atoms with E-state index in [2.05, 4.69) is 6.92 Å². The highest BCUT2D eigenvalue weighted by Gasteiger charge is 2.43. The lowest BCUT2D eigenvalue weighted by Crippen LogP contribution is -2.45. The Kier molecular flexibility index (Phi) is 5.31. The van der Waals surface area contributed by atoms with Crippen LogP contribution in [0, 0.1) is 5.92 Å². The summed E-state index contributed by atoms with van der Waals surface area (Å²) in [6, 6.07) is 4.73. The van der Waals surface area contributed by atoms with E-state index < -0.39 is 15.4 Å². The monoisotopic (exact) mass is 407 g/mol. The van der Waals surface area contributed by atoms with Crippen molar-refractivity contribution in [1.29, 1.82) is 0 Å². The molecule has 0 N–H and O–H groups in total. The first-order valence-corrected chi connectivity index (χ1v) is 11.1. The Hall–Kier alpha value is -1.93. The largest absolute Gasteiger partial charge is 0.341 e. The van der Waals surface area contributed by atoms with Gasteiger partial charge in [0.25, 0.3) is 0 Å². The van der Waals surface area contributed by atoms with Crippen molar-refractivity contribution in [3.05, 3.63) is 23.8 Å². The summed E-state index contributed by atoms with van der Waals surface area (Å²) in [6.45, 7) is 6.85. The van der Waals surface area contributed by atoms with Crippen molar-refractivity contribution in [3.8, 4) is 0 Å². The fourth-order valence-corrected chi connectivity index (χ4v) is 5.23. The second-order valence-corrected chi connectivity index (χ2v) is 10.6. The second kappa shape index (κ2) is 7.15. The van der Waals surface area contributed by atoms with E-state index in [1.54, 1.807) is 42.8 Å². The van der Waals surface area contributed by atoms with E-state index in [9.17, 15) is 18.0 Å². The first-order chi connectivity index (χ1) is 13.0. The Balaban J connectivity index is 1.82. The second-order valence-electron chi connectivity index (χ2n) is 8.52. The van der Waals surface area contributed by atoms with E-state index in [0.717, 1.165) is 22.8 Å². The zero-order valence-corrected chi connectivity index (χ0v) is 18.0. The number of amides is 2. The number of piperidine rings is 1. The molecule has 28 heavy (non-hydrogen) atoms. The molecule has 0 radical (unpaired) electrons. The number of likely N-dealkylation sites (tertiary alicyclic amines) is 1. The quantitative estimate of drug-likeness (QED) is 0.763. The van der Waals surface area contributed by atoms with Gasteiger partial charge in [-0.1, -0.05) is 6.92 Å². The third-order valence-electron chi connectivity index (χ3n) is 5.92. The molecular weight excluding hydrogens is 378 g/mol. The van der Waals surface area contributed by atoms with Crippen LogP contribution in [0.1, 0.15) is 39.2 Å². The van der Waals surface area contributed by atoms with Crippen LogP contribution >= 0.6 is 0 Å². The lowest BCUT2D eigenvalue weighted by atomic mass is 9.86. The number of anilines is 1. The van der Waals surface area contributed by atoms with Gasteiger partial charge in [0, 0.05) is 32.9 Å². The van der Waals surface area contributed by atoms with E-state index in [1.807, 2.05) is 0 Å². The summed E-state index contributed by atoms with van der Waals surface area (Å²) in [5.41, 5.74) is 0.620. The molecule has 2 amide bonds. The van der Waals surface area contributed by atoms with Gasteiger partial charge in [0.15, 0.2) is 0 Å². The van der Waals surface area contributed by atoms with Gasteiger partial charge in [0.2, 0.25) is 21.8 Å². The van der Waals surface area contributed by atoms with Crippen molar-refractivity contribution < 1.29 is 18.0 Å². The Labute approximate surface area is 167 Å². The van der Waals surface area contributed by atoms with Gasteiger partial charge >= 0.3 is 0 Å². The number of likely N-dealkylation sites (N-methyl/N-ethyl adjacent to an activating group) is 2. The standard InChI is InChI=1S/C20H29N3O4S/c1-14-7-6-10-23(12-14)18(24)13-21(4)28(26,27)15-8-9-17-16(11-15)20(2,3)19(25)22(17)5/h8-9,11,14H,6-7,10,12-13H2,1-5H3/t14-/m0/s1. The van der Waals surface area contributed by atoms with Crippen LogP contribution in [-0.4, -0.2) is 63.2 Å². The lowest BCUT2D eigenvalue weighted by molar-refractivity contribution is -0.132. The van der Waals surface area contributed by atoms with Crippen LogP contribution in [0.5, 0.6) is 0 Å². The highest BCUT2D eigenvalue weighted by Crippen LogP contribution is 2.41. The van der Waals surface area contributed by atoms with Gasteiger partial charge in [-0.05, 0) is 56.4 Å². The predicted molar refractivity (Wildman–Crippen MR) is 108 cm³/mol. The van der Waals surface area contributed by atoms with Crippen LogP contribution < -0.4 is 4.90 Å². The summed E-state index contributed by atoms with van der Waals surface area (Å²) in [5.74, 6) is 0.196. The molecule has 0 spiro atoms. The van der Waals surface area contributed by atoms with Crippen molar-refractivity contribution >= 4 is 27.5 Å². The molecular formula is C20H29N3O4S. The predicted octanol–water partition coefficient (Wildman–Crippen LogP) is 1.82. The number of benzene rings is 1. The number of hydrogen-bond donors (Lipinski definition) is 0. The van der Waals surface area contributed by atoms with Crippen molar-refractivity contribution in [2.24, 2.45) is 5.92 Å². The minimum Gasteiger partial charge on any atom is -0.341 e. The number of fused-ring (bicyclic) bond motifs is 1. The molecule has 1 aromatic rings. The van der Waals surface area contributed by atoms with Crippen LogP contribution in [0.25, 0.3) is 0 Å². The van der Waals surface area contributed by atoms with Crippen molar-refractivity contribution in [2.45, 2.75) is 43.9 Å². The maximum absolute atomic E-state index is 13.0. The third-order valence-corrected chi connectivity index (χ3v) is 7.72. The first kappa shape index (κ1) is 20.8. The van der Waals surface area contributed by atoms with E-state index in [-0.39, 0.29) is 23.3 Å². The zero-order chi connectivity index (χ0) is 20.9. The van der Waals surface area contributed by atoms with Crippen molar-refractivity contribution in [1.82, 2.24) is 9.21 Å². The van der Waals surface area contributed by atoms with Crippen molar-refractivity contribution in [3.63, 3.8) is 0 Å². The number of carbonyl (C=O) groups is 2. The Bertz CT molecular complexity index is 910. The van der Waals surface area contributed by atoms with E-state index in [1.165, 1.54) is 13.1 Å². The maximum atomic E-state index is 13.0. The molecule has 2 aliphatic rings. The molecule has 2 aliphatic heterocycles. The molecule has 1 fully saturated rings. The average Bonchev–Trinajstić information content (AvgIpc) is 2.82. The van der Waals surface area contributed by atoms with E-state index >= 15 is 0 Å². The van der Waals surface area contributed by atoms with Crippen molar-refractivity contribution in [2.75, 3.05) is 38.6 Å². The van der Waals surface area contributed by atoms with Gasteiger partial charge < -0.3 is 9.80 Å². The summed E-state index contributed by atoms with van der Waals surface area (Å²) in [5, 5.41) is 0. The fourth-order valence-electron chi connectivity index (χ4n) is 4.08. The van der Waals surface area contributed by atoms with Crippen LogP contribution in [0.3, 0.4) is 0 Å².